The van der Waals surface area contributed by atoms with Crippen LogP contribution in [0, 0.1) is 11.7 Å². The van der Waals surface area contributed by atoms with Gasteiger partial charge in [0.25, 0.3) is 0 Å². The van der Waals surface area contributed by atoms with Gasteiger partial charge >= 0.3 is 0 Å². The van der Waals surface area contributed by atoms with Gasteiger partial charge < -0.3 is 15.4 Å². The van der Waals surface area contributed by atoms with Gasteiger partial charge in [0, 0.05) is 38.8 Å². The number of hydrogen-bond donors (Lipinski definition) is 2. The van der Waals surface area contributed by atoms with Crippen LogP contribution in [0.4, 0.5) is 4.39 Å². The maximum atomic E-state index is 13.1. The summed E-state index contributed by atoms with van der Waals surface area (Å²) in [6, 6.07) is 6.87. The lowest BCUT2D eigenvalue weighted by Crippen LogP contribution is -2.41. The Labute approximate surface area is 144 Å². The minimum Gasteiger partial charge on any atom is -0.381 e. The summed E-state index contributed by atoms with van der Waals surface area (Å²) in [6.07, 6.45) is 3.22. The van der Waals surface area contributed by atoms with Gasteiger partial charge in [0.2, 0.25) is 0 Å². The lowest BCUT2D eigenvalue weighted by molar-refractivity contribution is 0.108. The highest BCUT2D eigenvalue weighted by Crippen LogP contribution is 2.47. The van der Waals surface area contributed by atoms with E-state index < -0.39 is 0 Å². The highest BCUT2D eigenvalue weighted by molar-refractivity contribution is 5.79. The van der Waals surface area contributed by atoms with Crippen molar-refractivity contribution in [3.8, 4) is 0 Å². The predicted octanol–water partition coefficient (Wildman–Crippen LogP) is 3.09. The Morgan fingerprint density at radius 2 is 1.96 bits per heavy atom. The molecule has 134 valence electrons. The molecule has 1 aliphatic rings. The standard InChI is InChI=1S/C19H30FN3O/c1-15(2)13-24-12-4-11-22-18(21-3)23-14-19(9-10-19)16-5-7-17(20)8-6-16/h5-8,15H,4,9-14H2,1-3H3,(H2,21,22,23). The summed E-state index contributed by atoms with van der Waals surface area (Å²) in [5.74, 6) is 1.21. The van der Waals surface area contributed by atoms with Crippen molar-refractivity contribution < 1.29 is 9.13 Å². The third-order valence-corrected chi connectivity index (χ3v) is 4.34. The van der Waals surface area contributed by atoms with E-state index in [0.29, 0.717) is 5.92 Å². The molecule has 0 saturated heterocycles. The molecule has 0 aromatic heterocycles. The lowest BCUT2D eigenvalue weighted by Gasteiger charge is -2.19. The normalized spacial score (nSPS) is 16.3. The van der Waals surface area contributed by atoms with Gasteiger partial charge in [0.15, 0.2) is 5.96 Å². The molecule has 1 aromatic carbocycles. The molecule has 4 nitrogen and oxygen atoms in total. The van der Waals surface area contributed by atoms with Gasteiger partial charge in [-0.1, -0.05) is 26.0 Å². The topological polar surface area (TPSA) is 45.7 Å². The Balaban J connectivity index is 1.69. The fraction of sp³-hybridized carbons (Fsp3) is 0.632. The number of nitrogens with zero attached hydrogens (tertiary/aromatic N) is 1. The number of rotatable bonds is 9. The van der Waals surface area contributed by atoms with Gasteiger partial charge in [-0.25, -0.2) is 4.39 Å². The van der Waals surface area contributed by atoms with Gasteiger partial charge in [-0.15, -0.1) is 0 Å². The molecule has 2 N–H and O–H groups in total. The highest BCUT2D eigenvalue weighted by atomic mass is 19.1. The number of hydrogen-bond acceptors (Lipinski definition) is 2. The van der Waals surface area contributed by atoms with Crippen LogP contribution in [-0.2, 0) is 10.2 Å². The van der Waals surface area contributed by atoms with E-state index >= 15 is 0 Å². The van der Waals surface area contributed by atoms with E-state index in [1.807, 2.05) is 12.1 Å². The smallest absolute Gasteiger partial charge is 0.191 e. The zero-order chi connectivity index (χ0) is 17.4. The molecule has 0 unspecified atom stereocenters. The summed E-state index contributed by atoms with van der Waals surface area (Å²) in [5.41, 5.74) is 1.33. The maximum Gasteiger partial charge on any atom is 0.191 e. The SMILES string of the molecule is CN=C(NCCCOCC(C)C)NCC1(c2ccc(F)cc2)CC1. The summed E-state index contributed by atoms with van der Waals surface area (Å²) in [4.78, 5) is 4.27. The number of benzene rings is 1. The molecule has 1 aliphatic carbocycles. The number of aliphatic imine (C=N–C) groups is 1. The van der Waals surface area contributed by atoms with E-state index in [4.69, 9.17) is 4.74 Å². The van der Waals surface area contributed by atoms with E-state index in [0.717, 1.165) is 51.5 Å². The predicted molar refractivity (Wildman–Crippen MR) is 97.0 cm³/mol. The molecule has 1 aromatic rings. The van der Waals surface area contributed by atoms with Gasteiger partial charge in [-0.05, 0) is 42.9 Å². The van der Waals surface area contributed by atoms with Crippen molar-refractivity contribution in [2.45, 2.75) is 38.5 Å². The van der Waals surface area contributed by atoms with Crippen LogP contribution in [0.2, 0.25) is 0 Å². The summed E-state index contributed by atoms with van der Waals surface area (Å²) in [6.45, 7) is 7.54. The summed E-state index contributed by atoms with van der Waals surface area (Å²) in [7, 11) is 1.78. The third kappa shape index (κ3) is 5.78. The molecule has 0 heterocycles. The molecule has 0 spiro atoms. The molecule has 1 fully saturated rings. The second-order valence-corrected chi connectivity index (χ2v) is 6.96. The van der Waals surface area contributed by atoms with E-state index in [2.05, 4.69) is 29.5 Å². The van der Waals surface area contributed by atoms with Crippen molar-refractivity contribution in [3.63, 3.8) is 0 Å². The Morgan fingerprint density at radius 1 is 1.25 bits per heavy atom. The van der Waals surface area contributed by atoms with Crippen LogP contribution in [-0.4, -0.2) is 39.3 Å². The Kier molecular flexibility index (Phi) is 7.03. The van der Waals surface area contributed by atoms with Crippen molar-refractivity contribution in [2.75, 3.05) is 33.4 Å². The van der Waals surface area contributed by atoms with E-state index in [1.165, 1.54) is 5.56 Å². The number of guanidine groups is 1. The zero-order valence-corrected chi connectivity index (χ0v) is 15.1. The number of nitrogens with one attached hydrogen (secondary N) is 2. The van der Waals surface area contributed by atoms with Crippen LogP contribution >= 0.6 is 0 Å². The molecule has 0 amide bonds. The quantitative estimate of drug-likeness (QED) is 0.414. The fourth-order valence-electron chi connectivity index (χ4n) is 2.70. The fourth-order valence-corrected chi connectivity index (χ4v) is 2.70. The molecule has 1 saturated carbocycles. The minimum atomic E-state index is -0.181. The molecular weight excluding hydrogens is 305 g/mol. The molecule has 24 heavy (non-hydrogen) atoms. The Bertz CT molecular complexity index is 524. The monoisotopic (exact) mass is 335 g/mol. The first-order chi connectivity index (χ1) is 11.6. The van der Waals surface area contributed by atoms with E-state index in [-0.39, 0.29) is 11.2 Å². The first kappa shape index (κ1) is 18.7. The lowest BCUT2D eigenvalue weighted by atomic mass is 9.96. The molecular formula is C19H30FN3O. The van der Waals surface area contributed by atoms with Crippen molar-refractivity contribution in [2.24, 2.45) is 10.9 Å². The molecule has 0 bridgehead atoms. The molecule has 5 heteroatoms. The molecule has 0 radical (unpaired) electrons. The average Bonchev–Trinajstić information content (AvgIpc) is 3.35. The second-order valence-electron chi connectivity index (χ2n) is 6.96. The minimum absolute atomic E-state index is 0.131. The van der Waals surface area contributed by atoms with Crippen LogP contribution in [0.3, 0.4) is 0 Å². The summed E-state index contributed by atoms with van der Waals surface area (Å²) >= 11 is 0. The number of halogens is 1. The van der Waals surface area contributed by atoms with Crippen molar-refractivity contribution in [1.29, 1.82) is 0 Å². The van der Waals surface area contributed by atoms with Crippen molar-refractivity contribution >= 4 is 5.96 Å². The van der Waals surface area contributed by atoms with Gasteiger partial charge in [0.05, 0.1) is 0 Å². The summed E-state index contributed by atoms with van der Waals surface area (Å²) < 4.78 is 18.7. The van der Waals surface area contributed by atoms with Crippen molar-refractivity contribution in [3.05, 3.63) is 35.6 Å². The van der Waals surface area contributed by atoms with Gasteiger partial charge in [-0.3, -0.25) is 4.99 Å². The van der Waals surface area contributed by atoms with Gasteiger partial charge in [0.1, 0.15) is 5.82 Å². The van der Waals surface area contributed by atoms with Crippen LogP contribution in [0.25, 0.3) is 0 Å². The molecule has 0 atom stereocenters. The van der Waals surface area contributed by atoms with Gasteiger partial charge in [-0.2, -0.15) is 0 Å². The first-order valence-corrected chi connectivity index (χ1v) is 8.84. The summed E-state index contributed by atoms with van der Waals surface area (Å²) in [5, 5.41) is 6.72. The number of ether oxygens (including phenoxy) is 1. The highest BCUT2D eigenvalue weighted by Gasteiger charge is 2.44. The Morgan fingerprint density at radius 3 is 2.54 bits per heavy atom. The average molecular weight is 335 g/mol. The molecule has 0 aliphatic heterocycles. The second kappa shape index (κ2) is 9.02. The van der Waals surface area contributed by atoms with Crippen LogP contribution in [0.1, 0.15) is 38.7 Å². The third-order valence-electron chi connectivity index (χ3n) is 4.34. The molecule has 2 rings (SSSR count). The van der Waals surface area contributed by atoms with Crippen LogP contribution in [0.15, 0.2) is 29.3 Å². The van der Waals surface area contributed by atoms with Crippen molar-refractivity contribution in [1.82, 2.24) is 10.6 Å². The van der Waals surface area contributed by atoms with Crippen LogP contribution in [0.5, 0.6) is 0 Å². The Hall–Kier alpha value is -1.62. The largest absolute Gasteiger partial charge is 0.381 e. The van der Waals surface area contributed by atoms with E-state index in [9.17, 15) is 4.39 Å². The first-order valence-electron chi connectivity index (χ1n) is 8.84. The van der Waals surface area contributed by atoms with Crippen LogP contribution < -0.4 is 10.6 Å². The maximum absolute atomic E-state index is 13.1. The van der Waals surface area contributed by atoms with E-state index in [1.54, 1.807) is 19.2 Å². The zero-order valence-electron chi connectivity index (χ0n) is 15.1.